The molecule has 0 radical (unpaired) electrons. The molecule has 2 aromatic rings. The zero-order chi connectivity index (χ0) is 14.2. The maximum atomic E-state index is 5.54. The Labute approximate surface area is 124 Å². The molecule has 3 heterocycles. The number of nitrogens with one attached hydrogen (secondary N) is 1. The van der Waals surface area contributed by atoms with Crippen molar-refractivity contribution in [2.24, 2.45) is 0 Å². The Morgan fingerprint density at radius 3 is 2.76 bits per heavy atom. The number of aryl methyl sites for hydroxylation is 1. The molecule has 2 aliphatic heterocycles. The molecule has 2 aliphatic rings. The van der Waals surface area contributed by atoms with Gasteiger partial charge in [-0.1, -0.05) is 6.92 Å². The molecular weight excluding hydrogens is 266 g/mol. The first-order chi connectivity index (χ1) is 10.4. The standard InChI is InChI=1S/C16H21N3O2/c1-2-3-16-18-12-8-14-15(21-10-20-14)9-13(12)19(16)11-4-6-17-7-5-11/h8-9,11,17H,2-7,10H2,1H3. The van der Waals surface area contributed by atoms with E-state index in [9.17, 15) is 0 Å². The van der Waals surface area contributed by atoms with Crippen LogP contribution in [0.25, 0.3) is 11.0 Å². The van der Waals surface area contributed by atoms with E-state index < -0.39 is 0 Å². The van der Waals surface area contributed by atoms with Crippen molar-refractivity contribution in [3.63, 3.8) is 0 Å². The average Bonchev–Trinajstić information content (AvgIpc) is 3.09. The van der Waals surface area contributed by atoms with Crippen LogP contribution >= 0.6 is 0 Å². The number of imidazole rings is 1. The molecule has 1 saturated heterocycles. The van der Waals surface area contributed by atoms with Gasteiger partial charge in [-0.15, -0.1) is 0 Å². The third-order valence-electron chi connectivity index (χ3n) is 4.40. The second-order valence-corrected chi connectivity index (χ2v) is 5.82. The van der Waals surface area contributed by atoms with Crippen molar-refractivity contribution in [1.29, 1.82) is 0 Å². The van der Waals surface area contributed by atoms with E-state index in [4.69, 9.17) is 14.5 Å². The molecule has 0 spiro atoms. The van der Waals surface area contributed by atoms with Gasteiger partial charge < -0.3 is 19.4 Å². The maximum absolute atomic E-state index is 5.54. The van der Waals surface area contributed by atoms with Crippen LogP contribution in [-0.4, -0.2) is 29.4 Å². The fraction of sp³-hybridized carbons (Fsp3) is 0.562. The molecule has 5 nitrogen and oxygen atoms in total. The predicted octanol–water partition coefficient (Wildman–Crippen LogP) is 2.64. The van der Waals surface area contributed by atoms with Crippen molar-refractivity contribution < 1.29 is 9.47 Å². The first kappa shape index (κ1) is 13.0. The molecule has 0 unspecified atom stereocenters. The van der Waals surface area contributed by atoms with E-state index in [2.05, 4.69) is 22.9 Å². The van der Waals surface area contributed by atoms with Gasteiger partial charge in [-0.2, -0.15) is 0 Å². The largest absolute Gasteiger partial charge is 0.454 e. The lowest BCUT2D eigenvalue weighted by molar-refractivity contribution is 0.174. The van der Waals surface area contributed by atoms with Crippen LogP contribution in [-0.2, 0) is 6.42 Å². The third-order valence-corrected chi connectivity index (χ3v) is 4.40. The van der Waals surface area contributed by atoms with E-state index in [0.717, 1.165) is 55.8 Å². The summed E-state index contributed by atoms with van der Waals surface area (Å²) in [6, 6.07) is 4.67. The van der Waals surface area contributed by atoms with E-state index in [-0.39, 0.29) is 0 Å². The number of piperidine rings is 1. The lowest BCUT2D eigenvalue weighted by Gasteiger charge is -2.26. The predicted molar refractivity (Wildman–Crippen MR) is 81.0 cm³/mol. The summed E-state index contributed by atoms with van der Waals surface area (Å²) in [6.07, 6.45) is 4.46. The summed E-state index contributed by atoms with van der Waals surface area (Å²) in [5.41, 5.74) is 2.22. The summed E-state index contributed by atoms with van der Waals surface area (Å²) >= 11 is 0. The van der Waals surface area contributed by atoms with E-state index in [1.165, 1.54) is 11.3 Å². The lowest BCUT2D eigenvalue weighted by Crippen LogP contribution is -2.30. The van der Waals surface area contributed by atoms with Gasteiger partial charge in [-0.05, 0) is 32.4 Å². The number of rotatable bonds is 3. The average molecular weight is 287 g/mol. The molecule has 4 rings (SSSR count). The van der Waals surface area contributed by atoms with Crippen LogP contribution in [0.15, 0.2) is 12.1 Å². The minimum atomic E-state index is 0.317. The molecule has 21 heavy (non-hydrogen) atoms. The number of fused-ring (bicyclic) bond motifs is 2. The summed E-state index contributed by atoms with van der Waals surface area (Å²) < 4.78 is 13.5. The minimum absolute atomic E-state index is 0.317. The van der Waals surface area contributed by atoms with Gasteiger partial charge in [-0.3, -0.25) is 0 Å². The number of benzene rings is 1. The van der Waals surface area contributed by atoms with Gasteiger partial charge in [0, 0.05) is 24.6 Å². The second kappa shape index (κ2) is 5.22. The number of hydrogen-bond acceptors (Lipinski definition) is 4. The number of aromatic nitrogens is 2. The molecule has 0 aliphatic carbocycles. The summed E-state index contributed by atoms with van der Waals surface area (Å²) in [4.78, 5) is 4.86. The highest BCUT2D eigenvalue weighted by atomic mass is 16.7. The van der Waals surface area contributed by atoms with Crippen LogP contribution in [0.2, 0.25) is 0 Å². The lowest BCUT2D eigenvalue weighted by atomic mass is 10.1. The molecule has 0 saturated carbocycles. The van der Waals surface area contributed by atoms with Crippen LogP contribution in [0, 0.1) is 0 Å². The Hall–Kier alpha value is -1.75. The van der Waals surface area contributed by atoms with Crippen LogP contribution < -0.4 is 14.8 Å². The zero-order valence-electron chi connectivity index (χ0n) is 12.4. The van der Waals surface area contributed by atoms with Crippen molar-refractivity contribution in [3.05, 3.63) is 18.0 Å². The monoisotopic (exact) mass is 287 g/mol. The van der Waals surface area contributed by atoms with Gasteiger partial charge in [0.2, 0.25) is 6.79 Å². The van der Waals surface area contributed by atoms with Gasteiger partial charge in [0.25, 0.3) is 0 Å². The Bertz CT molecular complexity index is 659. The SMILES string of the molecule is CCCc1nc2cc3c(cc2n1C1CCNCC1)OCO3. The molecule has 1 N–H and O–H groups in total. The van der Waals surface area contributed by atoms with Crippen molar-refractivity contribution in [1.82, 2.24) is 14.9 Å². The van der Waals surface area contributed by atoms with E-state index in [1.54, 1.807) is 0 Å². The Morgan fingerprint density at radius 1 is 1.24 bits per heavy atom. The van der Waals surface area contributed by atoms with Gasteiger partial charge in [0.15, 0.2) is 11.5 Å². The Morgan fingerprint density at radius 2 is 2.00 bits per heavy atom. The summed E-state index contributed by atoms with van der Waals surface area (Å²) in [5, 5.41) is 3.44. The number of hydrogen-bond donors (Lipinski definition) is 1. The molecule has 1 aromatic carbocycles. The highest BCUT2D eigenvalue weighted by molar-refractivity contribution is 5.81. The Balaban J connectivity index is 1.85. The zero-order valence-corrected chi connectivity index (χ0v) is 12.4. The topological polar surface area (TPSA) is 48.3 Å². The van der Waals surface area contributed by atoms with Crippen LogP contribution in [0.3, 0.4) is 0 Å². The first-order valence-corrected chi connectivity index (χ1v) is 7.88. The van der Waals surface area contributed by atoms with E-state index in [1.807, 2.05) is 6.07 Å². The van der Waals surface area contributed by atoms with Crippen molar-refractivity contribution in [2.75, 3.05) is 19.9 Å². The molecule has 0 amide bonds. The Kier molecular flexibility index (Phi) is 3.22. The van der Waals surface area contributed by atoms with Gasteiger partial charge in [0.1, 0.15) is 5.82 Å². The van der Waals surface area contributed by atoms with Gasteiger partial charge in [-0.25, -0.2) is 4.98 Å². The normalized spacial score (nSPS) is 18.5. The smallest absolute Gasteiger partial charge is 0.231 e. The molecule has 0 atom stereocenters. The third kappa shape index (κ3) is 2.16. The van der Waals surface area contributed by atoms with Crippen LogP contribution in [0.1, 0.15) is 38.1 Å². The molecule has 112 valence electrons. The molecular formula is C16H21N3O2. The fourth-order valence-electron chi connectivity index (χ4n) is 3.41. The first-order valence-electron chi connectivity index (χ1n) is 7.88. The highest BCUT2D eigenvalue weighted by Gasteiger charge is 2.23. The summed E-state index contributed by atoms with van der Waals surface area (Å²) in [5.74, 6) is 2.87. The van der Waals surface area contributed by atoms with E-state index >= 15 is 0 Å². The van der Waals surface area contributed by atoms with Crippen LogP contribution in [0.5, 0.6) is 11.5 Å². The second-order valence-electron chi connectivity index (χ2n) is 5.82. The number of nitrogens with zero attached hydrogens (tertiary/aromatic N) is 2. The highest BCUT2D eigenvalue weighted by Crippen LogP contribution is 2.38. The summed E-state index contributed by atoms with van der Waals surface area (Å²) in [7, 11) is 0. The fourth-order valence-corrected chi connectivity index (χ4v) is 3.41. The van der Waals surface area contributed by atoms with Crippen molar-refractivity contribution in [2.45, 2.75) is 38.6 Å². The molecule has 1 fully saturated rings. The molecule has 1 aromatic heterocycles. The van der Waals surface area contributed by atoms with E-state index in [0.29, 0.717) is 12.8 Å². The minimum Gasteiger partial charge on any atom is -0.454 e. The molecule has 0 bridgehead atoms. The van der Waals surface area contributed by atoms with Gasteiger partial charge in [0.05, 0.1) is 11.0 Å². The van der Waals surface area contributed by atoms with Crippen molar-refractivity contribution >= 4 is 11.0 Å². The van der Waals surface area contributed by atoms with Crippen molar-refractivity contribution in [3.8, 4) is 11.5 Å². The van der Waals surface area contributed by atoms with Gasteiger partial charge >= 0.3 is 0 Å². The maximum Gasteiger partial charge on any atom is 0.231 e. The quantitative estimate of drug-likeness (QED) is 0.943. The summed E-state index contributed by atoms with van der Waals surface area (Å²) in [6.45, 7) is 4.69. The molecule has 5 heteroatoms. The number of ether oxygens (including phenoxy) is 2. The van der Waals surface area contributed by atoms with Crippen LogP contribution in [0.4, 0.5) is 0 Å².